The van der Waals surface area contributed by atoms with Gasteiger partial charge in [0.05, 0.1) is 10.6 Å². The van der Waals surface area contributed by atoms with Crippen LogP contribution < -0.4 is 9.62 Å². The van der Waals surface area contributed by atoms with E-state index in [1.807, 2.05) is 49.4 Å². The topological polar surface area (TPSA) is 86.8 Å². The van der Waals surface area contributed by atoms with Crippen molar-refractivity contribution in [3.05, 3.63) is 96.1 Å². The maximum Gasteiger partial charge on any atom is 0.264 e. The van der Waals surface area contributed by atoms with Crippen LogP contribution in [0.4, 0.5) is 5.69 Å². The largest absolute Gasteiger partial charge is 0.357 e. The molecule has 190 valence electrons. The fourth-order valence-corrected chi connectivity index (χ4v) is 5.36. The second kappa shape index (κ2) is 12.4. The van der Waals surface area contributed by atoms with E-state index in [2.05, 4.69) is 5.32 Å². The predicted octanol–water partition coefficient (Wildman–Crippen LogP) is 3.65. The van der Waals surface area contributed by atoms with Gasteiger partial charge in [0.2, 0.25) is 11.8 Å². The number of likely N-dealkylation sites (N-methyl/N-ethyl adjacent to an activating group) is 1. The highest BCUT2D eigenvalue weighted by Gasteiger charge is 2.32. The Morgan fingerprint density at radius 1 is 0.861 bits per heavy atom. The van der Waals surface area contributed by atoms with E-state index in [-0.39, 0.29) is 17.3 Å². The minimum absolute atomic E-state index is 0.0903. The molecule has 0 heterocycles. The summed E-state index contributed by atoms with van der Waals surface area (Å²) in [5, 5.41) is 2.59. The summed E-state index contributed by atoms with van der Waals surface area (Å²) in [5.74, 6) is -0.776. The third kappa shape index (κ3) is 6.51. The van der Waals surface area contributed by atoms with Crippen molar-refractivity contribution in [2.24, 2.45) is 0 Å². The Kier molecular flexibility index (Phi) is 9.25. The molecular formula is C28H33N3O4S. The first-order chi connectivity index (χ1) is 17.3. The van der Waals surface area contributed by atoms with Gasteiger partial charge in [-0.15, -0.1) is 0 Å². The molecule has 2 amide bonds. The van der Waals surface area contributed by atoms with Crippen LogP contribution in [0.3, 0.4) is 0 Å². The highest BCUT2D eigenvalue weighted by Crippen LogP contribution is 2.25. The summed E-state index contributed by atoms with van der Waals surface area (Å²) in [6.07, 6.45) is 1.34. The molecule has 0 radical (unpaired) electrons. The number of nitrogens with one attached hydrogen (secondary N) is 1. The average molecular weight is 508 g/mol. The van der Waals surface area contributed by atoms with Gasteiger partial charge in [0.25, 0.3) is 10.0 Å². The third-order valence-corrected chi connectivity index (χ3v) is 7.93. The number of aryl methyl sites for hydroxylation is 1. The number of amides is 2. The van der Waals surface area contributed by atoms with Crippen LogP contribution in [0.15, 0.2) is 89.8 Å². The summed E-state index contributed by atoms with van der Waals surface area (Å²) < 4.78 is 28.4. The zero-order valence-corrected chi connectivity index (χ0v) is 21.7. The first-order valence-corrected chi connectivity index (χ1v) is 13.4. The fourth-order valence-electron chi connectivity index (χ4n) is 3.93. The summed E-state index contributed by atoms with van der Waals surface area (Å²) in [6.45, 7) is 3.50. The molecule has 3 rings (SSSR count). The Bertz CT molecular complexity index is 1250. The maximum atomic E-state index is 13.7. The zero-order chi connectivity index (χ0) is 26.1. The Balaban J connectivity index is 1.96. The van der Waals surface area contributed by atoms with Gasteiger partial charge in [-0.1, -0.05) is 67.6 Å². The number of nitrogens with zero attached hydrogens (tertiary/aromatic N) is 2. The summed E-state index contributed by atoms with van der Waals surface area (Å²) in [7, 11) is -2.52. The monoisotopic (exact) mass is 507 g/mol. The lowest BCUT2D eigenvalue weighted by Gasteiger charge is -2.31. The quantitative estimate of drug-likeness (QED) is 0.429. The number of rotatable bonds is 11. The van der Waals surface area contributed by atoms with E-state index in [0.29, 0.717) is 12.1 Å². The van der Waals surface area contributed by atoms with Crippen LogP contribution in [-0.4, -0.2) is 51.3 Å². The van der Waals surface area contributed by atoms with E-state index in [1.54, 1.807) is 37.3 Å². The highest BCUT2D eigenvalue weighted by molar-refractivity contribution is 7.92. The highest BCUT2D eigenvalue weighted by atomic mass is 32.2. The Labute approximate surface area is 213 Å². The molecule has 0 saturated carbocycles. The third-order valence-electron chi connectivity index (χ3n) is 6.14. The van der Waals surface area contributed by atoms with Gasteiger partial charge in [0.15, 0.2) is 0 Å². The van der Waals surface area contributed by atoms with Crippen LogP contribution >= 0.6 is 0 Å². The molecule has 0 aliphatic rings. The van der Waals surface area contributed by atoms with Gasteiger partial charge in [-0.2, -0.15) is 0 Å². The Morgan fingerprint density at radius 2 is 1.44 bits per heavy atom. The predicted molar refractivity (Wildman–Crippen MR) is 142 cm³/mol. The lowest BCUT2D eigenvalue weighted by Crippen LogP contribution is -2.51. The van der Waals surface area contributed by atoms with E-state index in [4.69, 9.17) is 0 Å². The fraction of sp³-hybridized carbons (Fsp3) is 0.286. The lowest BCUT2D eigenvalue weighted by molar-refractivity contribution is -0.138. The average Bonchev–Trinajstić information content (AvgIpc) is 2.92. The van der Waals surface area contributed by atoms with Crippen LogP contribution in [0.5, 0.6) is 0 Å². The molecule has 8 heteroatoms. The van der Waals surface area contributed by atoms with Gasteiger partial charge in [0.1, 0.15) is 12.6 Å². The van der Waals surface area contributed by atoms with E-state index in [0.717, 1.165) is 21.9 Å². The summed E-state index contributed by atoms with van der Waals surface area (Å²) in [5.41, 5.74) is 2.46. The molecular weight excluding hydrogens is 474 g/mol. The van der Waals surface area contributed by atoms with Gasteiger partial charge in [0, 0.05) is 13.6 Å². The van der Waals surface area contributed by atoms with Crippen LogP contribution in [0.2, 0.25) is 0 Å². The summed E-state index contributed by atoms with van der Waals surface area (Å²) in [6, 6.07) is 24.1. The number of hydrogen-bond acceptors (Lipinski definition) is 4. The van der Waals surface area contributed by atoms with Crippen molar-refractivity contribution >= 4 is 27.5 Å². The molecule has 0 unspecified atom stereocenters. The number of carbonyl (C=O) groups is 2. The van der Waals surface area contributed by atoms with Crippen LogP contribution in [0, 0.1) is 0 Å². The van der Waals surface area contributed by atoms with E-state index < -0.39 is 28.5 Å². The zero-order valence-electron chi connectivity index (χ0n) is 20.9. The molecule has 0 saturated heterocycles. The maximum absolute atomic E-state index is 13.7. The molecule has 36 heavy (non-hydrogen) atoms. The van der Waals surface area contributed by atoms with Gasteiger partial charge in [-0.25, -0.2) is 8.42 Å². The second-order valence-corrected chi connectivity index (χ2v) is 10.3. The van der Waals surface area contributed by atoms with Gasteiger partial charge < -0.3 is 10.2 Å². The van der Waals surface area contributed by atoms with Crippen LogP contribution in [0.25, 0.3) is 0 Å². The number of hydrogen-bond donors (Lipinski definition) is 1. The van der Waals surface area contributed by atoms with Crippen molar-refractivity contribution in [3.63, 3.8) is 0 Å². The van der Waals surface area contributed by atoms with Crippen molar-refractivity contribution in [2.75, 3.05) is 24.4 Å². The van der Waals surface area contributed by atoms with Crippen molar-refractivity contribution in [2.45, 2.75) is 37.6 Å². The number of anilines is 1. The normalized spacial score (nSPS) is 12.0. The second-order valence-electron chi connectivity index (χ2n) is 8.46. The smallest absolute Gasteiger partial charge is 0.264 e. The van der Waals surface area contributed by atoms with Crippen LogP contribution in [0.1, 0.15) is 25.0 Å². The van der Waals surface area contributed by atoms with Crippen LogP contribution in [-0.2, 0) is 32.5 Å². The first kappa shape index (κ1) is 26.9. The van der Waals surface area contributed by atoms with Gasteiger partial charge in [-0.05, 0) is 55.2 Å². The number of benzene rings is 3. The van der Waals surface area contributed by atoms with E-state index in [9.17, 15) is 18.0 Å². The molecule has 3 aromatic rings. The van der Waals surface area contributed by atoms with Crippen molar-refractivity contribution in [3.8, 4) is 0 Å². The molecule has 0 spiro atoms. The van der Waals surface area contributed by atoms with Crippen molar-refractivity contribution in [1.29, 1.82) is 0 Å². The minimum atomic E-state index is -4.04. The Morgan fingerprint density at radius 3 is 2.00 bits per heavy atom. The first-order valence-electron chi connectivity index (χ1n) is 12.0. The number of sulfonamides is 1. The summed E-state index contributed by atoms with van der Waals surface area (Å²) >= 11 is 0. The van der Waals surface area contributed by atoms with Gasteiger partial charge in [-0.3, -0.25) is 13.9 Å². The number of carbonyl (C=O) groups excluding carboxylic acids is 2. The molecule has 0 fully saturated rings. The Hall–Kier alpha value is -3.65. The van der Waals surface area contributed by atoms with Gasteiger partial charge >= 0.3 is 0 Å². The molecule has 7 nitrogen and oxygen atoms in total. The molecule has 0 aliphatic heterocycles. The summed E-state index contributed by atoms with van der Waals surface area (Å²) in [4.78, 5) is 27.7. The SMILES string of the molecule is CCc1ccc(N(CC(=O)N(CCc2ccccc2)[C@@H](C)C(=O)NC)S(=O)(=O)c2ccccc2)cc1. The van der Waals surface area contributed by atoms with Crippen molar-refractivity contribution < 1.29 is 18.0 Å². The molecule has 0 bridgehead atoms. The van der Waals surface area contributed by atoms with E-state index in [1.165, 1.54) is 24.1 Å². The molecule has 1 N–H and O–H groups in total. The molecule has 0 aliphatic carbocycles. The molecule has 1 atom stereocenters. The molecule has 0 aromatic heterocycles. The van der Waals surface area contributed by atoms with E-state index >= 15 is 0 Å². The lowest BCUT2D eigenvalue weighted by atomic mass is 10.1. The minimum Gasteiger partial charge on any atom is -0.357 e. The van der Waals surface area contributed by atoms with Crippen molar-refractivity contribution in [1.82, 2.24) is 10.2 Å². The molecule has 3 aromatic carbocycles. The standard InChI is InChI=1S/C28H33N3O4S/c1-4-23-15-17-25(18-16-23)31(36(34,35)26-13-9-6-10-14-26)21-27(32)30(22(2)28(33)29-3)20-19-24-11-7-5-8-12-24/h5-18,22H,4,19-21H2,1-3H3,(H,29,33)/t22-/m0/s1.